The monoisotopic (exact) mass is 275 g/mol. The Kier molecular flexibility index (Phi) is 3.71. The van der Waals surface area contributed by atoms with Gasteiger partial charge >= 0.3 is 5.97 Å². The van der Waals surface area contributed by atoms with Gasteiger partial charge in [0, 0.05) is 11.8 Å². The van der Waals surface area contributed by atoms with E-state index >= 15 is 0 Å². The molecule has 0 atom stereocenters. The Morgan fingerprint density at radius 2 is 1.95 bits per heavy atom. The summed E-state index contributed by atoms with van der Waals surface area (Å²) in [6.45, 7) is 5.42. The summed E-state index contributed by atoms with van der Waals surface area (Å²) in [5, 5.41) is 12.0. The molecule has 1 aromatic carbocycles. The van der Waals surface area contributed by atoms with Gasteiger partial charge in [-0.2, -0.15) is 0 Å². The number of hydrogen-bond donors (Lipinski definition) is 1. The van der Waals surface area contributed by atoms with Crippen LogP contribution in [0.2, 0.25) is 0 Å². The van der Waals surface area contributed by atoms with Gasteiger partial charge in [0.15, 0.2) is 0 Å². The van der Waals surface area contributed by atoms with Gasteiger partial charge in [-0.25, -0.2) is 4.98 Å². The fourth-order valence-corrected chi connectivity index (χ4v) is 2.67. The maximum atomic E-state index is 11.2. The maximum absolute atomic E-state index is 11.2. The quantitative estimate of drug-likeness (QED) is 0.930. The first kappa shape index (κ1) is 13.7. The molecule has 2 aromatic rings. The van der Waals surface area contributed by atoms with E-state index in [-0.39, 0.29) is 0 Å². The number of carboxylic acid groups (broad SMARTS) is 1. The molecule has 0 radical (unpaired) electrons. The Labute approximate surface area is 116 Å². The maximum Gasteiger partial charge on any atom is 0.315 e. The van der Waals surface area contributed by atoms with Crippen LogP contribution in [0.4, 0.5) is 0 Å². The van der Waals surface area contributed by atoms with Crippen LogP contribution in [0.25, 0.3) is 0 Å². The number of benzene rings is 1. The van der Waals surface area contributed by atoms with Crippen molar-refractivity contribution in [3.05, 3.63) is 51.5 Å². The van der Waals surface area contributed by atoms with Crippen molar-refractivity contribution in [3.63, 3.8) is 0 Å². The van der Waals surface area contributed by atoms with E-state index in [0.29, 0.717) is 5.69 Å². The molecular formula is C15H17NO2S. The van der Waals surface area contributed by atoms with E-state index < -0.39 is 11.4 Å². The highest BCUT2D eigenvalue weighted by molar-refractivity contribution is 7.09. The van der Waals surface area contributed by atoms with Crippen LogP contribution in [0.5, 0.6) is 0 Å². The van der Waals surface area contributed by atoms with Crippen molar-refractivity contribution in [1.29, 1.82) is 0 Å². The Morgan fingerprint density at radius 3 is 2.53 bits per heavy atom. The van der Waals surface area contributed by atoms with Gasteiger partial charge in [0.2, 0.25) is 0 Å². The molecule has 0 saturated carbocycles. The summed E-state index contributed by atoms with van der Waals surface area (Å²) >= 11 is 1.52. The van der Waals surface area contributed by atoms with Gasteiger partial charge in [0.1, 0.15) is 5.41 Å². The highest BCUT2D eigenvalue weighted by Gasteiger charge is 2.31. The minimum absolute atomic E-state index is 0.632. The van der Waals surface area contributed by atoms with Crippen LogP contribution in [0, 0.1) is 6.92 Å². The van der Waals surface area contributed by atoms with Crippen LogP contribution in [0.3, 0.4) is 0 Å². The molecule has 1 heterocycles. The molecular weight excluding hydrogens is 258 g/mol. The molecule has 0 aliphatic carbocycles. The summed E-state index contributed by atoms with van der Waals surface area (Å²) in [5.41, 5.74) is 2.13. The van der Waals surface area contributed by atoms with Crippen LogP contribution in [-0.2, 0) is 16.6 Å². The van der Waals surface area contributed by atoms with Crippen molar-refractivity contribution < 1.29 is 9.90 Å². The number of thiazole rings is 1. The average molecular weight is 275 g/mol. The zero-order valence-electron chi connectivity index (χ0n) is 11.3. The minimum Gasteiger partial charge on any atom is -0.481 e. The Balaban J connectivity index is 2.18. The smallest absolute Gasteiger partial charge is 0.315 e. The first-order chi connectivity index (χ1) is 8.89. The standard InChI is InChI=1S/C15H17NO2S/c1-10-4-6-11(7-5-10)8-13-16-12(9-19-13)15(2,3)14(17)18/h4-7,9H,8H2,1-3H3,(H,17,18). The topological polar surface area (TPSA) is 50.2 Å². The van der Waals surface area contributed by atoms with E-state index in [4.69, 9.17) is 0 Å². The highest BCUT2D eigenvalue weighted by Crippen LogP contribution is 2.26. The van der Waals surface area contributed by atoms with Crippen molar-refractivity contribution in [2.75, 3.05) is 0 Å². The van der Waals surface area contributed by atoms with Gasteiger partial charge in [-0.3, -0.25) is 4.79 Å². The third-order valence-corrected chi connectivity index (χ3v) is 4.05. The normalized spacial score (nSPS) is 11.5. The largest absolute Gasteiger partial charge is 0.481 e. The molecule has 0 saturated heterocycles. The Bertz CT molecular complexity index is 584. The van der Waals surface area contributed by atoms with Crippen LogP contribution in [-0.4, -0.2) is 16.1 Å². The molecule has 4 heteroatoms. The number of carboxylic acids is 1. The molecule has 2 rings (SSSR count). The van der Waals surface area contributed by atoms with Crippen molar-refractivity contribution >= 4 is 17.3 Å². The zero-order chi connectivity index (χ0) is 14.0. The molecule has 0 aliphatic rings. The van der Waals surface area contributed by atoms with Crippen molar-refractivity contribution in [3.8, 4) is 0 Å². The number of carbonyl (C=O) groups is 1. The molecule has 0 amide bonds. The summed E-state index contributed by atoms with van der Waals surface area (Å²) in [5.74, 6) is -0.848. The zero-order valence-corrected chi connectivity index (χ0v) is 12.1. The lowest BCUT2D eigenvalue weighted by molar-refractivity contribution is -0.142. The first-order valence-corrected chi connectivity index (χ1v) is 7.01. The molecule has 0 bridgehead atoms. The molecule has 0 spiro atoms. The lowest BCUT2D eigenvalue weighted by Crippen LogP contribution is -2.28. The van der Waals surface area contributed by atoms with Crippen molar-refractivity contribution in [1.82, 2.24) is 4.98 Å². The second kappa shape index (κ2) is 5.13. The number of aryl methyl sites for hydroxylation is 1. The lowest BCUT2D eigenvalue weighted by atomic mass is 9.90. The number of nitrogens with zero attached hydrogens (tertiary/aromatic N) is 1. The number of hydrogen-bond acceptors (Lipinski definition) is 3. The van der Waals surface area contributed by atoms with Crippen LogP contribution in [0.15, 0.2) is 29.6 Å². The summed E-state index contributed by atoms with van der Waals surface area (Å²) in [4.78, 5) is 15.6. The van der Waals surface area contributed by atoms with Gasteiger partial charge in [0.05, 0.1) is 10.7 Å². The number of aromatic nitrogens is 1. The lowest BCUT2D eigenvalue weighted by Gasteiger charge is -2.15. The third kappa shape index (κ3) is 3.01. The highest BCUT2D eigenvalue weighted by atomic mass is 32.1. The Morgan fingerprint density at radius 1 is 1.32 bits per heavy atom. The van der Waals surface area contributed by atoms with Crippen LogP contribution in [0.1, 0.15) is 35.7 Å². The van der Waals surface area contributed by atoms with Crippen molar-refractivity contribution in [2.24, 2.45) is 0 Å². The van der Waals surface area contributed by atoms with Crippen LogP contribution < -0.4 is 0 Å². The molecule has 0 aliphatic heterocycles. The summed E-state index contributed by atoms with van der Waals surface area (Å²) in [6, 6.07) is 8.31. The average Bonchev–Trinajstić information content (AvgIpc) is 2.81. The summed E-state index contributed by atoms with van der Waals surface area (Å²) < 4.78 is 0. The molecule has 1 N–H and O–H groups in total. The van der Waals surface area contributed by atoms with Gasteiger partial charge in [0.25, 0.3) is 0 Å². The fraction of sp³-hybridized carbons (Fsp3) is 0.333. The van der Waals surface area contributed by atoms with Gasteiger partial charge in [-0.15, -0.1) is 11.3 Å². The third-order valence-electron chi connectivity index (χ3n) is 3.20. The van der Waals surface area contributed by atoms with Gasteiger partial charge in [-0.1, -0.05) is 29.8 Å². The predicted molar refractivity (Wildman–Crippen MR) is 76.8 cm³/mol. The van der Waals surface area contributed by atoms with Gasteiger partial charge < -0.3 is 5.11 Å². The molecule has 100 valence electrons. The number of aliphatic carboxylic acids is 1. The van der Waals surface area contributed by atoms with E-state index in [9.17, 15) is 9.90 Å². The Hall–Kier alpha value is -1.68. The second-order valence-corrected chi connectivity index (χ2v) is 6.16. The van der Waals surface area contributed by atoms with E-state index in [1.54, 1.807) is 13.8 Å². The summed E-state index contributed by atoms with van der Waals surface area (Å²) in [6.07, 6.45) is 0.751. The summed E-state index contributed by atoms with van der Waals surface area (Å²) in [7, 11) is 0. The van der Waals surface area contributed by atoms with E-state index in [2.05, 4.69) is 36.2 Å². The first-order valence-electron chi connectivity index (χ1n) is 6.13. The SMILES string of the molecule is Cc1ccc(Cc2nc(C(C)(C)C(=O)O)cs2)cc1. The van der Waals surface area contributed by atoms with Gasteiger partial charge in [-0.05, 0) is 26.3 Å². The molecule has 0 unspecified atom stereocenters. The van der Waals surface area contributed by atoms with Crippen molar-refractivity contribution in [2.45, 2.75) is 32.6 Å². The van der Waals surface area contributed by atoms with E-state index in [0.717, 1.165) is 11.4 Å². The van der Waals surface area contributed by atoms with Crippen LogP contribution >= 0.6 is 11.3 Å². The molecule has 1 aromatic heterocycles. The predicted octanol–water partition coefficient (Wildman–Crippen LogP) is 3.40. The molecule has 19 heavy (non-hydrogen) atoms. The minimum atomic E-state index is -0.929. The molecule has 3 nitrogen and oxygen atoms in total. The molecule has 0 fully saturated rings. The fourth-order valence-electron chi connectivity index (χ4n) is 1.67. The van der Waals surface area contributed by atoms with E-state index in [1.807, 2.05) is 5.38 Å². The number of rotatable bonds is 4. The van der Waals surface area contributed by atoms with E-state index in [1.165, 1.54) is 22.5 Å². The second-order valence-electron chi connectivity index (χ2n) is 5.22.